The van der Waals surface area contributed by atoms with Gasteiger partial charge in [0.2, 0.25) is 0 Å². The van der Waals surface area contributed by atoms with Gasteiger partial charge in [-0.2, -0.15) is 0 Å². The fraction of sp³-hybridized carbons (Fsp3) is 0.462. The molecule has 0 saturated carbocycles. The highest BCUT2D eigenvalue weighted by molar-refractivity contribution is 5.72. The second-order valence-corrected chi connectivity index (χ2v) is 3.90. The average Bonchev–Trinajstić information content (AvgIpc) is 2.35. The highest BCUT2D eigenvalue weighted by atomic mass is 16.5. The number of ether oxygens (including phenoxy) is 1. The number of carbonyl (C=O) groups excluding carboxylic acids is 1. The molecule has 0 aliphatic carbocycles. The summed E-state index contributed by atoms with van der Waals surface area (Å²) in [4.78, 5) is 11.2. The van der Waals surface area contributed by atoms with Crippen molar-refractivity contribution in [3.05, 3.63) is 35.9 Å². The Balaban J connectivity index is 2.41. The summed E-state index contributed by atoms with van der Waals surface area (Å²) < 4.78 is 4.59. The molecule has 0 bridgehead atoms. The molecule has 0 fully saturated rings. The molecule has 3 nitrogen and oxygen atoms in total. The van der Waals surface area contributed by atoms with E-state index >= 15 is 0 Å². The van der Waals surface area contributed by atoms with Crippen LogP contribution in [0.15, 0.2) is 30.3 Å². The van der Waals surface area contributed by atoms with Gasteiger partial charge < -0.3 is 9.84 Å². The first-order valence-electron chi connectivity index (χ1n) is 5.45. The van der Waals surface area contributed by atoms with Gasteiger partial charge in [0.1, 0.15) is 0 Å². The third kappa shape index (κ3) is 3.66. The predicted octanol–water partition coefficient (Wildman–Crippen LogP) is 1.79. The molecule has 0 aliphatic heterocycles. The van der Waals surface area contributed by atoms with E-state index in [1.54, 1.807) is 6.92 Å². The van der Waals surface area contributed by atoms with Gasteiger partial charge in [-0.25, -0.2) is 0 Å². The van der Waals surface area contributed by atoms with Crippen molar-refractivity contribution in [2.24, 2.45) is 5.92 Å². The minimum atomic E-state index is -0.646. The lowest BCUT2D eigenvalue weighted by molar-refractivity contribution is -0.148. The molecule has 1 aromatic rings. The normalized spacial score (nSPS) is 14.2. The van der Waals surface area contributed by atoms with Crippen molar-refractivity contribution in [1.29, 1.82) is 0 Å². The number of carbonyl (C=O) groups is 1. The number of benzene rings is 1. The van der Waals surface area contributed by atoms with Crippen LogP contribution in [0.4, 0.5) is 0 Å². The largest absolute Gasteiger partial charge is 0.469 e. The Morgan fingerprint density at radius 2 is 2.00 bits per heavy atom. The van der Waals surface area contributed by atoms with Crippen LogP contribution in [-0.4, -0.2) is 24.3 Å². The van der Waals surface area contributed by atoms with E-state index in [4.69, 9.17) is 0 Å². The molecule has 88 valence electrons. The minimum absolute atomic E-state index is 0.361. The van der Waals surface area contributed by atoms with Crippen molar-refractivity contribution in [2.75, 3.05) is 7.11 Å². The van der Waals surface area contributed by atoms with Gasteiger partial charge in [0, 0.05) is 0 Å². The second kappa shape index (κ2) is 6.28. The Bertz CT molecular complexity index is 321. The molecule has 0 saturated heterocycles. The molecule has 16 heavy (non-hydrogen) atoms. The SMILES string of the molecule is COC(=O)C(C)C(O)CCc1ccccc1. The van der Waals surface area contributed by atoms with E-state index in [1.165, 1.54) is 12.7 Å². The van der Waals surface area contributed by atoms with E-state index in [9.17, 15) is 9.90 Å². The average molecular weight is 222 g/mol. The van der Waals surface area contributed by atoms with Gasteiger partial charge in [-0.1, -0.05) is 30.3 Å². The second-order valence-electron chi connectivity index (χ2n) is 3.90. The number of aryl methyl sites for hydroxylation is 1. The summed E-state index contributed by atoms with van der Waals surface area (Å²) in [5.41, 5.74) is 1.17. The van der Waals surface area contributed by atoms with Crippen LogP contribution in [0.5, 0.6) is 0 Å². The Kier molecular flexibility index (Phi) is 4.99. The van der Waals surface area contributed by atoms with E-state index in [1.807, 2.05) is 30.3 Å². The molecule has 0 amide bonds. The number of methoxy groups -OCH3 is 1. The highest BCUT2D eigenvalue weighted by Gasteiger charge is 2.22. The van der Waals surface area contributed by atoms with E-state index in [0.29, 0.717) is 6.42 Å². The lowest BCUT2D eigenvalue weighted by Crippen LogP contribution is -2.27. The van der Waals surface area contributed by atoms with Crippen LogP contribution in [0.2, 0.25) is 0 Å². The van der Waals surface area contributed by atoms with Gasteiger partial charge in [-0.15, -0.1) is 0 Å². The van der Waals surface area contributed by atoms with Crippen LogP contribution >= 0.6 is 0 Å². The van der Waals surface area contributed by atoms with Gasteiger partial charge in [0.25, 0.3) is 0 Å². The zero-order chi connectivity index (χ0) is 12.0. The summed E-state index contributed by atoms with van der Waals surface area (Å²) in [7, 11) is 1.34. The summed E-state index contributed by atoms with van der Waals surface area (Å²) in [5, 5.41) is 9.78. The number of aliphatic hydroxyl groups is 1. The molecule has 1 N–H and O–H groups in total. The number of esters is 1. The first kappa shape index (κ1) is 12.7. The smallest absolute Gasteiger partial charge is 0.311 e. The van der Waals surface area contributed by atoms with Gasteiger partial charge in [0.15, 0.2) is 0 Å². The fourth-order valence-corrected chi connectivity index (χ4v) is 1.55. The quantitative estimate of drug-likeness (QED) is 0.773. The van der Waals surface area contributed by atoms with Crippen LogP contribution in [0.25, 0.3) is 0 Å². The van der Waals surface area contributed by atoms with Crippen LogP contribution in [0.3, 0.4) is 0 Å². The predicted molar refractivity (Wildman–Crippen MR) is 61.9 cm³/mol. The van der Waals surface area contributed by atoms with E-state index in [-0.39, 0.29) is 5.97 Å². The maximum atomic E-state index is 11.2. The van der Waals surface area contributed by atoms with Crippen LogP contribution in [0, 0.1) is 5.92 Å². The van der Waals surface area contributed by atoms with E-state index < -0.39 is 12.0 Å². The Morgan fingerprint density at radius 1 is 1.38 bits per heavy atom. The molecule has 3 heteroatoms. The van der Waals surface area contributed by atoms with E-state index in [2.05, 4.69) is 4.74 Å². The van der Waals surface area contributed by atoms with Crippen molar-refractivity contribution < 1.29 is 14.6 Å². The summed E-state index contributed by atoms with van der Waals surface area (Å²) in [6.07, 6.45) is 0.691. The van der Waals surface area contributed by atoms with Crippen LogP contribution < -0.4 is 0 Å². The Morgan fingerprint density at radius 3 is 2.56 bits per heavy atom. The van der Waals surface area contributed by atoms with Crippen LogP contribution in [0.1, 0.15) is 18.9 Å². The topological polar surface area (TPSA) is 46.5 Å². The Labute approximate surface area is 96.1 Å². The van der Waals surface area contributed by atoms with Crippen molar-refractivity contribution in [1.82, 2.24) is 0 Å². The summed E-state index contributed by atoms with van der Waals surface area (Å²) in [5.74, 6) is -0.825. The number of rotatable bonds is 5. The summed E-state index contributed by atoms with van der Waals surface area (Å²) >= 11 is 0. The maximum absolute atomic E-state index is 11.2. The van der Waals surface area contributed by atoms with Gasteiger partial charge in [-0.05, 0) is 25.3 Å². The Hall–Kier alpha value is -1.35. The maximum Gasteiger partial charge on any atom is 0.311 e. The molecular formula is C13H18O3. The molecule has 0 aromatic heterocycles. The fourth-order valence-electron chi connectivity index (χ4n) is 1.55. The molecule has 0 spiro atoms. The lowest BCUT2D eigenvalue weighted by Gasteiger charge is -2.16. The lowest BCUT2D eigenvalue weighted by atomic mass is 9.98. The standard InChI is InChI=1S/C13H18O3/c1-10(13(15)16-2)12(14)9-8-11-6-4-3-5-7-11/h3-7,10,12,14H,8-9H2,1-2H3. The molecule has 0 radical (unpaired) electrons. The van der Waals surface area contributed by atoms with Gasteiger partial charge in [-0.3, -0.25) is 4.79 Å². The zero-order valence-electron chi connectivity index (χ0n) is 9.72. The molecule has 1 rings (SSSR count). The van der Waals surface area contributed by atoms with Crippen molar-refractivity contribution in [3.63, 3.8) is 0 Å². The highest BCUT2D eigenvalue weighted by Crippen LogP contribution is 2.12. The molecule has 0 heterocycles. The molecule has 0 aliphatic rings. The third-order valence-corrected chi connectivity index (χ3v) is 2.72. The van der Waals surface area contributed by atoms with Crippen LogP contribution in [-0.2, 0) is 16.0 Å². The van der Waals surface area contributed by atoms with Crippen molar-refractivity contribution in [2.45, 2.75) is 25.9 Å². The number of hydrogen-bond donors (Lipinski definition) is 1. The molecule has 2 unspecified atom stereocenters. The first-order chi connectivity index (χ1) is 7.65. The molecular weight excluding hydrogens is 204 g/mol. The molecule has 2 atom stereocenters. The summed E-state index contributed by atoms with van der Waals surface area (Å²) in [6, 6.07) is 9.90. The molecule has 1 aromatic carbocycles. The third-order valence-electron chi connectivity index (χ3n) is 2.72. The van der Waals surface area contributed by atoms with Gasteiger partial charge >= 0.3 is 5.97 Å². The number of hydrogen-bond acceptors (Lipinski definition) is 3. The first-order valence-corrected chi connectivity index (χ1v) is 5.45. The monoisotopic (exact) mass is 222 g/mol. The minimum Gasteiger partial charge on any atom is -0.469 e. The van der Waals surface area contributed by atoms with Gasteiger partial charge in [0.05, 0.1) is 19.1 Å². The van der Waals surface area contributed by atoms with Crippen molar-refractivity contribution >= 4 is 5.97 Å². The number of aliphatic hydroxyl groups excluding tert-OH is 1. The zero-order valence-corrected chi connectivity index (χ0v) is 9.72. The van der Waals surface area contributed by atoms with E-state index in [0.717, 1.165) is 6.42 Å². The summed E-state index contributed by atoms with van der Waals surface area (Å²) in [6.45, 7) is 1.68. The van der Waals surface area contributed by atoms with Crippen molar-refractivity contribution in [3.8, 4) is 0 Å².